The maximum absolute atomic E-state index is 13.2. The van der Waals surface area contributed by atoms with Crippen LogP contribution in [0.3, 0.4) is 0 Å². The number of allylic oxidation sites excluding steroid dienone is 1. The first-order chi connectivity index (χ1) is 19.6. The number of nitrogens with zero attached hydrogens (tertiary/aromatic N) is 1. The van der Waals surface area contributed by atoms with Gasteiger partial charge >= 0.3 is 0 Å². The van der Waals surface area contributed by atoms with Crippen LogP contribution in [0.4, 0.5) is 4.39 Å². The van der Waals surface area contributed by atoms with E-state index in [-0.39, 0.29) is 18.1 Å². The lowest BCUT2D eigenvalue weighted by molar-refractivity contribution is -0.123. The summed E-state index contributed by atoms with van der Waals surface area (Å²) in [7, 11) is 0. The van der Waals surface area contributed by atoms with Crippen molar-refractivity contribution in [3.8, 4) is 11.5 Å². The van der Waals surface area contributed by atoms with Crippen LogP contribution in [-0.2, 0) is 17.8 Å². The number of halogens is 3. The third kappa shape index (κ3) is 9.06. The molecule has 7 nitrogen and oxygen atoms in total. The molecule has 0 aromatic heterocycles. The van der Waals surface area contributed by atoms with E-state index in [0.29, 0.717) is 40.1 Å². The Labute approximate surface area is 249 Å². The zero-order valence-corrected chi connectivity index (χ0v) is 24.6. The first-order valence-corrected chi connectivity index (χ1v) is 13.7. The Kier molecular flexibility index (Phi) is 11.7. The molecule has 10 heteroatoms. The van der Waals surface area contributed by atoms with Gasteiger partial charge in [-0.15, -0.1) is 6.58 Å². The quantitative estimate of drug-likeness (QED) is 0.129. The van der Waals surface area contributed by atoms with E-state index in [1.165, 1.54) is 30.5 Å². The second-order valence-corrected chi connectivity index (χ2v) is 10.2. The number of benzene rings is 3. The summed E-state index contributed by atoms with van der Waals surface area (Å²) in [6.07, 6.45) is 3.71. The number of ether oxygens (including phenoxy) is 2. The molecule has 3 aromatic rings. The fourth-order valence-corrected chi connectivity index (χ4v) is 4.34. The van der Waals surface area contributed by atoms with E-state index in [1.807, 2.05) is 13.0 Å². The molecule has 216 valence electrons. The molecule has 0 bridgehead atoms. The molecule has 0 saturated carbocycles. The maximum atomic E-state index is 13.2. The van der Waals surface area contributed by atoms with Gasteiger partial charge in [0, 0.05) is 26.7 Å². The first kappa shape index (κ1) is 31.6. The van der Waals surface area contributed by atoms with Crippen molar-refractivity contribution < 1.29 is 23.5 Å². The highest BCUT2D eigenvalue weighted by Gasteiger charge is 2.24. The maximum Gasteiger partial charge on any atom is 0.262 e. The van der Waals surface area contributed by atoms with Crippen LogP contribution in [0.25, 0.3) is 0 Å². The summed E-state index contributed by atoms with van der Waals surface area (Å²) in [6.45, 7) is 9.89. The predicted octanol–water partition coefficient (Wildman–Crippen LogP) is 6.74. The van der Waals surface area contributed by atoms with E-state index < -0.39 is 23.7 Å². The zero-order valence-electron chi connectivity index (χ0n) is 23.0. The number of carbonyl (C=O) groups is 2. The largest absolute Gasteiger partial charge is 0.490 e. The number of rotatable bonds is 13. The van der Waals surface area contributed by atoms with Crippen LogP contribution in [0.2, 0.25) is 10.0 Å². The molecule has 0 saturated heterocycles. The van der Waals surface area contributed by atoms with Crippen molar-refractivity contribution in [2.75, 3.05) is 6.61 Å². The summed E-state index contributed by atoms with van der Waals surface area (Å²) in [5.74, 6) is -0.637. The molecule has 3 aromatic carbocycles. The van der Waals surface area contributed by atoms with Gasteiger partial charge in [0.25, 0.3) is 11.8 Å². The molecule has 1 unspecified atom stereocenters. The van der Waals surface area contributed by atoms with Crippen LogP contribution >= 0.6 is 23.2 Å². The number of hydrogen-bond donors (Lipinski definition) is 2. The number of carbonyl (C=O) groups excluding carboxylic acids is 2. The van der Waals surface area contributed by atoms with Gasteiger partial charge in [-0.1, -0.05) is 49.2 Å². The van der Waals surface area contributed by atoms with Gasteiger partial charge in [0.05, 0.1) is 12.8 Å². The number of amides is 2. The third-order valence-electron chi connectivity index (χ3n) is 5.94. The minimum Gasteiger partial charge on any atom is -0.490 e. The standard InChI is InChI=1S/C31H32Cl2FN3O4/c1-5-7-22-14-20(15-27(40-6-2)29(22)41-18-23-8-11-24(32)16-26(23)33)17-35-37-31(39)28(19(3)4)36-30(38)21-9-12-25(34)13-10-21/h5,8-17,19,28H,1,6-7,18H2,2-4H3,(H,36,38)(H,37,39). The minimum atomic E-state index is -0.865. The van der Waals surface area contributed by atoms with Crippen molar-refractivity contribution >= 4 is 41.2 Å². The lowest BCUT2D eigenvalue weighted by atomic mass is 10.0. The Bertz CT molecular complexity index is 1410. The summed E-state index contributed by atoms with van der Waals surface area (Å²) in [5, 5.41) is 7.82. The van der Waals surface area contributed by atoms with Crippen LogP contribution in [-0.4, -0.2) is 30.7 Å². The van der Waals surface area contributed by atoms with Gasteiger partial charge in [0.2, 0.25) is 0 Å². The predicted molar refractivity (Wildman–Crippen MR) is 161 cm³/mol. The second kappa shape index (κ2) is 15.2. The second-order valence-electron chi connectivity index (χ2n) is 9.39. The van der Waals surface area contributed by atoms with Gasteiger partial charge in [-0.05, 0) is 73.4 Å². The molecular weight excluding hydrogens is 568 g/mol. The van der Waals surface area contributed by atoms with Crippen molar-refractivity contribution in [1.29, 1.82) is 0 Å². The van der Waals surface area contributed by atoms with E-state index in [1.54, 1.807) is 44.2 Å². The lowest BCUT2D eigenvalue weighted by Crippen LogP contribution is -2.48. The van der Waals surface area contributed by atoms with E-state index in [0.717, 1.165) is 11.1 Å². The van der Waals surface area contributed by atoms with Crippen LogP contribution < -0.4 is 20.2 Å². The number of hydrazone groups is 1. The Morgan fingerprint density at radius 3 is 2.41 bits per heavy atom. The van der Waals surface area contributed by atoms with Gasteiger partial charge in [-0.3, -0.25) is 9.59 Å². The molecule has 0 aliphatic rings. The van der Waals surface area contributed by atoms with Gasteiger partial charge < -0.3 is 14.8 Å². The Morgan fingerprint density at radius 2 is 1.78 bits per heavy atom. The van der Waals surface area contributed by atoms with Crippen molar-refractivity contribution in [1.82, 2.24) is 10.7 Å². The average molecular weight is 601 g/mol. The van der Waals surface area contributed by atoms with Crippen LogP contribution in [0.1, 0.15) is 47.8 Å². The Hall–Kier alpha value is -3.88. The molecule has 0 fully saturated rings. The zero-order chi connectivity index (χ0) is 29.9. The summed E-state index contributed by atoms with van der Waals surface area (Å²) < 4.78 is 25.2. The Balaban J connectivity index is 1.76. The smallest absolute Gasteiger partial charge is 0.262 e. The van der Waals surface area contributed by atoms with E-state index >= 15 is 0 Å². The van der Waals surface area contributed by atoms with E-state index in [2.05, 4.69) is 22.4 Å². The van der Waals surface area contributed by atoms with Crippen molar-refractivity contribution in [2.45, 2.75) is 39.8 Å². The molecule has 0 heterocycles. The molecular formula is C31H32Cl2FN3O4. The molecule has 0 spiro atoms. The monoisotopic (exact) mass is 599 g/mol. The van der Waals surface area contributed by atoms with Crippen LogP contribution in [0, 0.1) is 11.7 Å². The van der Waals surface area contributed by atoms with Gasteiger partial charge in [-0.25, -0.2) is 9.82 Å². The lowest BCUT2D eigenvalue weighted by Gasteiger charge is -2.20. The van der Waals surface area contributed by atoms with Crippen molar-refractivity contribution in [3.05, 3.63) is 105 Å². The third-order valence-corrected chi connectivity index (χ3v) is 6.52. The molecule has 41 heavy (non-hydrogen) atoms. The molecule has 0 aliphatic carbocycles. The van der Waals surface area contributed by atoms with Crippen molar-refractivity contribution in [2.24, 2.45) is 11.0 Å². The fraction of sp³-hybridized carbons (Fsp3) is 0.258. The molecule has 1 atom stereocenters. The summed E-state index contributed by atoms with van der Waals surface area (Å²) >= 11 is 12.3. The molecule has 0 aliphatic heterocycles. The number of hydrogen-bond acceptors (Lipinski definition) is 5. The van der Waals surface area contributed by atoms with Gasteiger partial charge in [0.15, 0.2) is 11.5 Å². The van der Waals surface area contributed by atoms with E-state index in [4.69, 9.17) is 32.7 Å². The summed E-state index contributed by atoms with van der Waals surface area (Å²) in [5.41, 5.74) is 4.95. The van der Waals surface area contributed by atoms with Gasteiger partial charge in [0.1, 0.15) is 18.5 Å². The molecule has 0 radical (unpaired) electrons. The molecule has 2 amide bonds. The highest BCUT2D eigenvalue weighted by atomic mass is 35.5. The highest BCUT2D eigenvalue weighted by Crippen LogP contribution is 2.35. The number of nitrogens with one attached hydrogen (secondary N) is 2. The minimum absolute atomic E-state index is 0.198. The van der Waals surface area contributed by atoms with Gasteiger partial charge in [-0.2, -0.15) is 5.10 Å². The Morgan fingerprint density at radius 1 is 1.05 bits per heavy atom. The van der Waals surface area contributed by atoms with Crippen molar-refractivity contribution in [3.63, 3.8) is 0 Å². The van der Waals surface area contributed by atoms with Crippen LogP contribution in [0.5, 0.6) is 11.5 Å². The average Bonchev–Trinajstić information content (AvgIpc) is 2.92. The van der Waals surface area contributed by atoms with E-state index in [9.17, 15) is 14.0 Å². The molecule has 2 N–H and O–H groups in total. The molecule has 3 rings (SSSR count). The SMILES string of the molecule is C=CCc1cc(C=NNC(=O)C(NC(=O)c2ccc(F)cc2)C(C)C)cc(OCC)c1OCc1ccc(Cl)cc1Cl. The highest BCUT2D eigenvalue weighted by molar-refractivity contribution is 6.35. The topological polar surface area (TPSA) is 89.0 Å². The summed E-state index contributed by atoms with van der Waals surface area (Å²) in [6, 6.07) is 13.0. The fourth-order valence-electron chi connectivity index (χ4n) is 3.88. The normalized spacial score (nSPS) is 11.8. The summed E-state index contributed by atoms with van der Waals surface area (Å²) in [4.78, 5) is 25.5. The van der Waals surface area contributed by atoms with Crippen LogP contribution in [0.15, 0.2) is 72.4 Å². The first-order valence-electron chi connectivity index (χ1n) is 13.0.